The summed E-state index contributed by atoms with van der Waals surface area (Å²) in [5, 5.41) is 22.3. The van der Waals surface area contributed by atoms with Gasteiger partial charge in [0.25, 0.3) is 5.69 Å². The summed E-state index contributed by atoms with van der Waals surface area (Å²) in [5.41, 5.74) is 0.773. The first kappa shape index (κ1) is 13.4. The number of nitrogens with one attached hydrogen (secondary N) is 1. The lowest BCUT2D eigenvalue weighted by atomic mass is 10.2. The zero-order valence-electron chi connectivity index (χ0n) is 9.85. The van der Waals surface area contributed by atoms with E-state index in [2.05, 4.69) is 10.3 Å². The third kappa shape index (κ3) is 4.36. The molecule has 0 spiro atoms. The summed E-state index contributed by atoms with van der Waals surface area (Å²) in [6.45, 7) is 2.76. The number of rotatable bonds is 7. The Balaban J connectivity index is 2.46. The molecule has 6 heteroatoms. The van der Waals surface area contributed by atoms with Crippen LogP contribution in [0.5, 0.6) is 0 Å². The molecular weight excluding hydrogens is 222 g/mol. The number of aryl methyl sites for hydroxylation is 1. The van der Waals surface area contributed by atoms with Gasteiger partial charge in [-0.15, -0.1) is 0 Å². The van der Waals surface area contributed by atoms with Crippen LogP contribution < -0.4 is 5.32 Å². The highest BCUT2D eigenvalue weighted by Gasteiger charge is 2.08. The number of nitrogens with zero attached hydrogens (tertiary/aromatic N) is 2. The zero-order chi connectivity index (χ0) is 12.7. The van der Waals surface area contributed by atoms with Crippen LogP contribution in [0.15, 0.2) is 12.3 Å². The molecule has 2 N–H and O–H groups in total. The van der Waals surface area contributed by atoms with Gasteiger partial charge < -0.3 is 10.4 Å². The van der Waals surface area contributed by atoms with Crippen LogP contribution in [0.1, 0.15) is 24.8 Å². The summed E-state index contributed by atoms with van der Waals surface area (Å²) in [5.74, 6) is 0.680. The molecule has 0 aromatic carbocycles. The van der Waals surface area contributed by atoms with Crippen LogP contribution in [-0.2, 0) is 0 Å². The average Bonchev–Trinajstić information content (AvgIpc) is 2.30. The first-order valence-electron chi connectivity index (χ1n) is 5.61. The molecule has 0 aliphatic rings. The molecule has 1 aromatic rings. The van der Waals surface area contributed by atoms with Crippen LogP contribution in [0.25, 0.3) is 0 Å². The van der Waals surface area contributed by atoms with Crippen LogP contribution in [-0.4, -0.2) is 28.2 Å². The summed E-state index contributed by atoms with van der Waals surface area (Å²) in [4.78, 5) is 14.1. The molecule has 0 amide bonds. The Bertz CT molecular complexity index is 382. The molecule has 0 saturated carbocycles. The Morgan fingerprint density at radius 2 is 2.24 bits per heavy atom. The molecule has 6 nitrogen and oxygen atoms in total. The highest BCUT2D eigenvalue weighted by atomic mass is 16.6. The molecule has 0 unspecified atom stereocenters. The minimum atomic E-state index is -0.453. The van der Waals surface area contributed by atoms with Crippen LogP contribution in [0.3, 0.4) is 0 Å². The molecule has 0 saturated heterocycles. The Labute approximate surface area is 99.8 Å². The predicted molar refractivity (Wildman–Crippen MR) is 65.1 cm³/mol. The van der Waals surface area contributed by atoms with Crippen LogP contribution in [0.2, 0.25) is 0 Å². The minimum absolute atomic E-state index is 0.00771. The van der Waals surface area contributed by atoms with Gasteiger partial charge in [0, 0.05) is 19.2 Å². The number of pyridine rings is 1. The smallest absolute Gasteiger partial charge is 0.287 e. The van der Waals surface area contributed by atoms with E-state index in [1.807, 2.05) is 0 Å². The molecule has 94 valence electrons. The first-order valence-corrected chi connectivity index (χ1v) is 5.61. The van der Waals surface area contributed by atoms with E-state index in [4.69, 9.17) is 5.11 Å². The van der Waals surface area contributed by atoms with Gasteiger partial charge in [0.1, 0.15) is 12.0 Å². The Morgan fingerprint density at radius 3 is 2.82 bits per heavy atom. The fraction of sp³-hybridized carbons (Fsp3) is 0.545. The molecule has 0 radical (unpaired) electrons. The molecule has 0 aliphatic carbocycles. The largest absolute Gasteiger partial charge is 0.396 e. The SMILES string of the molecule is Cc1cc([N+](=O)[O-])cnc1NCCCCCO. The van der Waals surface area contributed by atoms with Gasteiger partial charge in [0.15, 0.2) is 0 Å². The van der Waals surface area contributed by atoms with Gasteiger partial charge in [-0.3, -0.25) is 10.1 Å². The Hall–Kier alpha value is -1.69. The Morgan fingerprint density at radius 1 is 1.47 bits per heavy atom. The van der Waals surface area contributed by atoms with E-state index < -0.39 is 4.92 Å². The number of hydrogen-bond acceptors (Lipinski definition) is 5. The molecule has 0 atom stereocenters. The summed E-state index contributed by atoms with van der Waals surface area (Å²) in [6.07, 6.45) is 3.95. The Kier molecular flexibility index (Phi) is 5.35. The molecule has 1 aromatic heterocycles. The first-order chi connectivity index (χ1) is 8.15. The van der Waals surface area contributed by atoms with Crippen molar-refractivity contribution in [1.82, 2.24) is 4.98 Å². The van der Waals surface area contributed by atoms with Crippen molar-refractivity contribution in [1.29, 1.82) is 0 Å². The molecule has 1 heterocycles. The molecule has 0 bridgehead atoms. The lowest BCUT2D eigenvalue weighted by Crippen LogP contribution is -2.05. The maximum absolute atomic E-state index is 10.5. The van der Waals surface area contributed by atoms with Gasteiger partial charge in [0.05, 0.1) is 4.92 Å². The van der Waals surface area contributed by atoms with Crippen LogP contribution >= 0.6 is 0 Å². The molecule has 0 fully saturated rings. The van der Waals surface area contributed by atoms with Gasteiger partial charge in [-0.25, -0.2) is 4.98 Å². The van der Waals surface area contributed by atoms with Gasteiger partial charge in [-0.2, -0.15) is 0 Å². The van der Waals surface area contributed by atoms with Crippen molar-refractivity contribution in [3.8, 4) is 0 Å². The standard InChI is InChI=1S/C11H17N3O3/c1-9-7-10(14(16)17)8-13-11(9)12-5-3-2-4-6-15/h7-8,15H,2-6H2,1H3,(H,12,13). The van der Waals surface area contributed by atoms with Crippen LogP contribution in [0.4, 0.5) is 11.5 Å². The van der Waals surface area contributed by atoms with Crippen molar-refractivity contribution in [2.45, 2.75) is 26.2 Å². The third-order valence-electron chi connectivity index (χ3n) is 2.40. The highest BCUT2D eigenvalue weighted by Crippen LogP contribution is 2.17. The lowest BCUT2D eigenvalue weighted by Gasteiger charge is -2.07. The topological polar surface area (TPSA) is 88.3 Å². The van der Waals surface area contributed by atoms with E-state index >= 15 is 0 Å². The summed E-state index contributed by atoms with van der Waals surface area (Å²) >= 11 is 0. The lowest BCUT2D eigenvalue weighted by molar-refractivity contribution is -0.385. The van der Waals surface area contributed by atoms with Crippen LogP contribution in [0, 0.1) is 17.0 Å². The van der Waals surface area contributed by atoms with Crippen molar-refractivity contribution in [3.05, 3.63) is 27.9 Å². The van der Waals surface area contributed by atoms with E-state index in [1.54, 1.807) is 6.92 Å². The van der Waals surface area contributed by atoms with E-state index in [1.165, 1.54) is 12.3 Å². The summed E-state index contributed by atoms with van der Waals surface area (Å²) in [6, 6.07) is 1.50. The fourth-order valence-corrected chi connectivity index (χ4v) is 1.47. The highest BCUT2D eigenvalue weighted by molar-refractivity contribution is 5.48. The molecule has 1 rings (SSSR count). The number of nitro groups is 1. The number of aromatic nitrogens is 1. The fourth-order valence-electron chi connectivity index (χ4n) is 1.47. The maximum atomic E-state index is 10.5. The number of hydrogen-bond donors (Lipinski definition) is 2. The van der Waals surface area contributed by atoms with Gasteiger partial charge >= 0.3 is 0 Å². The molecule has 0 aliphatic heterocycles. The second kappa shape index (κ2) is 6.80. The van der Waals surface area contributed by atoms with Crippen molar-refractivity contribution in [2.75, 3.05) is 18.5 Å². The van der Waals surface area contributed by atoms with E-state index in [0.717, 1.165) is 31.4 Å². The number of aliphatic hydroxyl groups is 1. The van der Waals surface area contributed by atoms with Crippen molar-refractivity contribution >= 4 is 11.5 Å². The predicted octanol–water partition coefficient (Wildman–Crippen LogP) is 1.87. The van der Waals surface area contributed by atoms with E-state index in [0.29, 0.717) is 5.82 Å². The van der Waals surface area contributed by atoms with Gasteiger partial charge in [-0.05, 0) is 31.7 Å². The average molecular weight is 239 g/mol. The van der Waals surface area contributed by atoms with Gasteiger partial charge in [0.2, 0.25) is 0 Å². The molecule has 17 heavy (non-hydrogen) atoms. The number of unbranched alkanes of at least 4 members (excludes halogenated alkanes) is 2. The second-order valence-electron chi connectivity index (χ2n) is 3.83. The monoisotopic (exact) mass is 239 g/mol. The maximum Gasteiger partial charge on any atom is 0.287 e. The van der Waals surface area contributed by atoms with E-state index in [9.17, 15) is 10.1 Å². The summed E-state index contributed by atoms with van der Waals surface area (Å²) in [7, 11) is 0. The van der Waals surface area contributed by atoms with Crippen molar-refractivity contribution in [3.63, 3.8) is 0 Å². The zero-order valence-corrected chi connectivity index (χ0v) is 9.85. The van der Waals surface area contributed by atoms with Crippen molar-refractivity contribution in [2.24, 2.45) is 0 Å². The van der Waals surface area contributed by atoms with E-state index in [-0.39, 0.29) is 12.3 Å². The second-order valence-corrected chi connectivity index (χ2v) is 3.83. The quantitative estimate of drug-likeness (QED) is 0.431. The summed E-state index contributed by atoms with van der Waals surface area (Å²) < 4.78 is 0. The molecular formula is C11H17N3O3. The number of anilines is 1. The minimum Gasteiger partial charge on any atom is -0.396 e. The third-order valence-corrected chi connectivity index (χ3v) is 2.40. The number of aliphatic hydroxyl groups excluding tert-OH is 1. The van der Waals surface area contributed by atoms with Gasteiger partial charge in [-0.1, -0.05) is 0 Å². The normalized spacial score (nSPS) is 10.2. The van der Waals surface area contributed by atoms with Crippen molar-refractivity contribution < 1.29 is 10.0 Å².